The van der Waals surface area contributed by atoms with Gasteiger partial charge >= 0.3 is 0 Å². The van der Waals surface area contributed by atoms with Gasteiger partial charge in [0.2, 0.25) is 0 Å². The van der Waals surface area contributed by atoms with E-state index < -0.39 is 0 Å². The van der Waals surface area contributed by atoms with Gasteiger partial charge in [0.05, 0.1) is 6.61 Å². The van der Waals surface area contributed by atoms with E-state index in [1.165, 1.54) is 5.56 Å². The molecule has 0 aliphatic rings. The third kappa shape index (κ3) is 3.96. The molecule has 0 aliphatic heterocycles. The van der Waals surface area contributed by atoms with Crippen molar-refractivity contribution in [2.75, 3.05) is 13.7 Å². The molecule has 2 nitrogen and oxygen atoms in total. The topological polar surface area (TPSA) is 21.3 Å². The highest BCUT2D eigenvalue weighted by molar-refractivity contribution is 5.30. The second-order valence-corrected chi connectivity index (χ2v) is 3.74. The summed E-state index contributed by atoms with van der Waals surface area (Å²) in [5.74, 6) is 3.52. The highest BCUT2D eigenvalue weighted by Gasteiger charge is 2.03. The Labute approximate surface area is 98.0 Å². The van der Waals surface area contributed by atoms with E-state index in [1.807, 2.05) is 19.2 Å². The van der Waals surface area contributed by atoms with Crippen LogP contribution < -0.4 is 10.1 Å². The summed E-state index contributed by atoms with van der Waals surface area (Å²) in [5.41, 5.74) is 1.23. The first-order valence-electron chi connectivity index (χ1n) is 5.61. The average molecular weight is 217 g/mol. The standard InChI is InChI=1S/C14H19NO/c1-4-5-6-10-16-14-9-7-8-13(11-14)12(2)15-3/h1,7-9,11-12,15H,5-6,10H2,2-3H3. The Bertz CT molecular complexity index is 354. The van der Waals surface area contributed by atoms with Crippen LogP contribution >= 0.6 is 0 Å². The summed E-state index contributed by atoms with van der Waals surface area (Å²) in [6, 6.07) is 8.49. The summed E-state index contributed by atoms with van der Waals surface area (Å²) in [7, 11) is 1.95. The number of benzene rings is 1. The molecule has 1 unspecified atom stereocenters. The number of hydrogen-bond donors (Lipinski definition) is 1. The van der Waals surface area contributed by atoms with Gasteiger partial charge in [0.25, 0.3) is 0 Å². The highest BCUT2D eigenvalue weighted by atomic mass is 16.5. The number of unbranched alkanes of at least 4 members (excludes halogenated alkanes) is 1. The summed E-state index contributed by atoms with van der Waals surface area (Å²) in [5, 5.41) is 3.20. The van der Waals surface area contributed by atoms with Crippen molar-refractivity contribution >= 4 is 0 Å². The van der Waals surface area contributed by atoms with Crippen LogP contribution in [0.5, 0.6) is 5.75 Å². The third-order valence-electron chi connectivity index (χ3n) is 2.53. The van der Waals surface area contributed by atoms with E-state index in [-0.39, 0.29) is 0 Å². The van der Waals surface area contributed by atoms with Gasteiger partial charge in [0, 0.05) is 12.5 Å². The van der Waals surface area contributed by atoms with Gasteiger partial charge in [0.15, 0.2) is 0 Å². The number of ether oxygens (including phenoxy) is 1. The number of hydrogen-bond acceptors (Lipinski definition) is 2. The molecule has 0 spiro atoms. The monoisotopic (exact) mass is 217 g/mol. The number of rotatable bonds is 6. The van der Waals surface area contributed by atoms with Crippen molar-refractivity contribution in [2.45, 2.75) is 25.8 Å². The molecule has 1 aromatic rings. The minimum absolute atomic E-state index is 0.342. The Morgan fingerprint density at radius 2 is 2.31 bits per heavy atom. The first-order chi connectivity index (χ1) is 7.77. The van der Waals surface area contributed by atoms with Crippen LogP contribution in [-0.4, -0.2) is 13.7 Å². The molecule has 0 bridgehead atoms. The molecular weight excluding hydrogens is 198 g/mol. The maximum atomic E-state index is 5.62. The molecule has 0 amide bonds. The molecule has 1 aromatic carbocycles. The molecule has 2 heteroatoms. The molecule has 0 heterocycles. The van der Waals surface area contributed by atoms with Crippen molar-refractivity contribution in [1.29, 1.82) is 0 Å². The average Bonchev–Trinajstić information content (AvgIpc) is 2.34. The van der Waals surface area contributed by atoms with Crippen molar-refractivity contribution in [1.82, 2.24) is 5.32 Å². The van der Waals surface area contributed by atoms with E-state index in [0.29, 0.717) is 12.6 Å². The second-order valence-electron chi connectivity index (χ2n) is 3.74. The van der Waals surface area contributed by atoms with Gasteiger partial charge in [-0.05, 0) is 38.1 Å². The fourth-order valence-corrected chi connectivity index (χ4v) is 1.40. The molecule has 1 rings (SSSR count). The van der Waals surface area contributed by atoms with Gasteiger partial charge in [-0.2, -0.15) is 0 Å². The summed E-state index contributed by atoms with van der Waals surface area (Å²) in [6.45, 7) is 2.80. The van der Waals surface area contributed by atoms with Crippen LogP contribution in [0.4, 0.5) is 0 Å². The van der Waals surface area contributed by atoms with E-state index >= 15 is 0 Å². The van der Waals surface area contributed by atoms with E-state index in [9.17, 15) is 0 Å². The lowest BCUT2D eigenvalue weighted by molar-refractivity contribution is 0.312. The van der Waals surface area contributed by atoms with Gasteiger partial charge in [-0.1, -0.05) is 12.1 Å². The number of nitrogens with one attached hydrogen (secondary N) is 1. The quantitative estimate of drug-likeness (QED) is 0.584. The predicted molar refractivity (Wildman–Crippen MR) is 67.5 cm³/mol. The fraction of sp³-hybridized carbons (Fsp3) is 0.429. The van der Waals surface area contributed by atoms with Crippen LogP contribution in [0.25, 0.3) is 0 Å². The normalized spacial score (nSPS) is 11.8. The molecule has 0 fully saturated rings. The predicted octanol–water partition coefficient (Wildman–Crippen LogP) is 2.76. The van der Waals surface area contributed by atoms with Crippen molar-refractivity contribution in [3.05, 3.63) is 29.8 Å². The van der Waals surface area contributed by atoms with Gasteiger partial charge < -0.3 is 10.1 Å². The van der Waals surface area contributed by atoms with Gasteiger partial charge in [-0.25, -0.2) is 0 Å². The van der Waals surface area contributed by atoms with Crippen LogP contribution in [0.1, 0.15) is 31.4 Å². The molecule has 1 atom stereocenters. The molecule has 86 valence electrons. The maximum Gasteiger partial charge on any atom is 0.119 e. The molecule has 0 radical (unpaired) electrons. The molecule has 1 N–H and O–H groups in total. The van der Waals surface area contributed by atoms with E-state index in [1.54, 1.807) is 0 Å². The SMILES string of the molecule is C#CCCCOc1cccc(C(C)NC)c1. The van der Waals surface area contributed by atoms with Crippen molar-refractivity contribution < 1.29 is 4.74 Å². The Morgan fingerprint density at radius 1 is 1.50 bits per heavy atom. The van der Waals surface area contributed by atoms with Crippen LogP contribution in [0.15, 0.2) is 24.3 Å². The van der Waals surface area contributed by atoms with Gasteiger partial charge in [0.1, 0.15) is 5.75 Å². The zero-order chi connectivity index (χ0) is 11.8. The Kier molecular flexibility index (Phi) is 5.45. The first kappa shape index (κ1) is 12.6. The van der Waals surface area contributed by atoms with Crippen LogP contribution in [-0.2, 0) is 0 Å². The molecule has 16 heavy (non-hydrogen) atoms. The van der Waals surface area contributed by atoms with Crippen LogP contribution in [0.2, 0.25) is 0 Å². The zero-order valence-corrected chi connectivity index (χ0v) is 9.99. The molecule has 0 aliphatic carbocycles. The molecule has 0 saturated heterocycles. The van der Waals surface area contributed by atoms with Crippen molar-refractivity contribution in [3.63, 3.8) is 0 Å². The van der Waals surface area contributed by atoms with Crippen LogP contribution in [0, 0.1) is 12.3 Å². The highest BCUT2D eigenvalue weighted by Crippen LogP contribution is 2.18. The Balaban J connectivity index is 2.51. The number of terminal acetylenes is 1. The summed E-state index contributed by atoms with van der Waals surface area (Å²) < 4.78 is 5.62. The Morgan fingerprint density at radius 3 is 3.00 bits per heavy atom. The van der Waals surface area contributed by atoms with Crippen molar-refractivity contribution in [3.8, 4) is 18.1 Å². The molecule has 0 aromatic heterocycles. The fourth-order valence-electron chi connectivity index (χ4n) is 1.40. The van der Waals surface area contributed by atoms with E-state index in [2.05, 4.69) is 30.3 Å². The molecule has 0 saturated carbocycles. The third-order valence-corrected chi connectivity index (χ3v) is 2.53. The van der Waals surface area contributed by atoms with E-state index in [4.69, 9.17) is 11.2 Å². The lowest BCUT2D eigenvalue weighted by Crippen LogP contribution is -2.12. The smallest absolute Gasteiger partial charge is 0.119 e. The minimum atomic E-state index is 0.342. The summed E-state index contributed by atoms with van der Waals surface area (Å²) in [6.07, 6.45) is 6.85. The first-order valence-corrected chi connectivity index (χ1v) is 5.61. The summed E-state index contributed by atoms with van der Waals surface area (Å²) >= 11 is 0. The van der Waals surface area contributed by atoms with Crippen molar-refractivity contribution in [2.24, 2.45) is 0 Å². The largest absolute Gasteiger partial charge is 0.494 e. The maximum absolute atomic E-state index is 5.62. The second kappa shape index (κ2) is 6.92. The van der Waals surface area contributed by atoms with E-state index in [0.717, 1.165) is 18.6 Å². The lowest BCUT2D eigenvalue weighted by Gasteiger charge is -2.12. The van der Waals surface area contributed by atoms with Crippen LogP contribution in [0.3, 0.4) is 0 Å². The Hall–Kier alpha value is -1.46. The van der Waals surface area contributed by atoms with Gasteiger partial charge in [-0.3, -0.25) is 0 Å². The lowest BCUT2D eigenvalue weighted by atomic mass is 10.1. The van der Waals surface area contributed by atoms with Gasteiger partial charge in [-0.15, -0.1) is 12.3 Å². The summed E-state index contributed by atoms with van der Waals surface area (Å²) in [4.78, 5) is 0. The molecular formula is C14H19NO. The minimum Gasteiger partial charge on any atom is -0.494 e. The zero-order valence-electron chi connectivity index (χ0n) is 9.99.